The van der Waals surface area contributed by atoms with E-state index in [2.05, 4.69) is 26.1 Å². The molecule has 15 heavy (non-hydrogen) atoms. The van der Waals surface area contributed by atoms with Crippen molar-refractivity contribution in [2.45, 2.75) is 13.0 Å². The van der Waals surface area contributed by atoms with Crippen molar-refractivity contribution in [2.24, 2.45) is 5.73 Å². The highest BCUT2D eigenvalue weighted by Crippen LogP contribution is 2.22. The summed E-state index contributed by atoms with van der Waals surface area (Å²) >= 11 is 3.43. The number of rotatable bonds is 2. The Hall–Kier alpha value is -1.13. The molecule has 0 bridgehead atoms. The standard InChI is InChI=1S/C11H12BrN3/c1-7(13)10-6-11(15-14-10)8-3-2-4-9(12)5-8/h2-7H,13H2,1H3,(H,14,15). The Morgan fingerprint density at radius 3 is 2.80 bits per heavy atom. The van der Waals surface area contributed by atoms with Gasteiger partial charge in [-0.05, 0) is 25.1 Å². The summed E-state index contributed by atoms with van der Waals surface area (Å²) < 4.78 is 1.05. The van der Waals surface area contributed by atoms with Crippen LogP contribution in [0.25, 0.3) is 11.3 Å². The summed E-state index contributed by atoms with van der Waals surface area (Å²) in [7, 11) is 0. The fourth-order valence-electron chi connectivity index (χ4n) is 1.37. The van der Waals surface area contributed by atoms with E-state index in [1.54, 1.807) is 0 Å². The number of hydrogen-bond acceptors (Lipinski definition) is 2. The van der Waals surface area contributed by atoms with Crippen LogP contribution >= 0.6 is 15.9 Å². The normalized spacial score (nSPS) is 12.7. The number of hydrogen-bond donors (Lipinski definition) is 2. The van der Waals surface area contributed by atoms with Crippen molar-refractivity contribution >= 4 is 15.9 Å². The molecule has 3 nitrogen and oxygen atoms in total. The number of aromatic nitrogens is 2. The van der Waals surface area contributed by atoms with Crippen LogP contribution in [0.4, 0.5) is 0 Å². The van der Waals surface area contributed by atoms with Crippen LogP contribution < -0.4 is 5.73 Å². The van der Waals surface area contributed by atoms with E-state index in [-0.39, 0.29) is 6.04 Å². The van der Waals surface area contributed by atoms with Gasteiger partial charge in [0, 0.05) is 16.1 Å². The third-order valence-corrected chi connectivity index (χ3v) is 2.70. The molecule has 0 saturated carbocycles. The van der Waals surface area contributed by atoms with Crippen molar-refractivity contribution in [2.75, 3.05) is 0 Å². The molecule has 2 rings (SSSR count). The van der Waals surface area contributed by atoms with E-state index in [4.69, 9.17) is 5.73 Å². The maximum absolute atomic E-state index is 5.75. The van der Waals surface area contributed by atoms with Crippen molar-refractivity contribution in [1.29, 1.82) is 0 Å². The lowest BCUT2D eigenvalue weighted by Gasteiger charge is -1.98. The average Bonchev–Trinajstić information content (AvgIpc) is 2.66. The Kier molecular flexibility index (Phi) is 2.88. The molecule has 1 unspecified atom stereocenters. The molecule has 1 heterocycles. The maximum Gasteiger partial charge on any atom is 0.0924 e. The monoisotopic (exact) mass is 265 g/mol. The smallest absolute Gasteiger partial charge is 0.0924 e. The van der Waals surface area contributed by atoms with Gasteiger partial charge in [0.15, 0.2) is 0 Å². The molecule has 1 atom stereocenters. The Morgan fingerprint density at radius 1 is 1.40 bits per heavy atom. The Labute approximate surface area is 96.8 Å². The minimum absolute atomic E-state index is 0.0154. The molecular formula is C11H12BrN3. The number of halogens is 1. The summed E-state index contributed by atoms with van der Waals surface area (Å²) in [4.78, 5) is 0. The van der Waals surface area contributed by atoms with Crippen LogP contribution in [0.3, 0.4) is 0 Å². The molecule has 4 heteroatoms. The first-order valence-corrected chi connectivity index (χ1v) is 5.53. The van der Waals surface area contributed by atoms with Gasteiger partial charge in [0.2, 0.25) is 0 Å². The predicted molar refractivity (Wildman–Crippen MR) is 64.3 cm³/mol. The van der Waals surface area contributed by atoms with Crippen molar-refractivity contribution in [3.05, 3.63) is 40.5 Å². The van der Waals surface area contributed by atoms with Crippen molar-refractivity contribution in [1.82, 2.24) is 10.2 Å². The molecule has 0 spiro atoms. The average molecular weight is 266 g/mol. The second kappa shape index (κ2) is 4.16. The number of aromatic amines is 1. The Balaban J connectivity index is 2.37. The van der Waals surface area contributed by atoms with Crippen molar-refractivity contribution in [3.63, 3.8) is 0 Å². The zero-order chi connectivity index (χ0) is 10.8. The van der Waals surface area contributed by atoms with Gasteiger partial charge in [-0.2, -0.15) is 5.10 Å². The van der Waals surface area contributed by atoms with Gasteiger partial charge >= 0.3 is 0 Å². The van der Waals surface area contributed by atoms with Gasteiger partial charge in [0.1, 0.15) is 0 Å². The van der Waals surface area contributed by atoms with Gasteiger partial charge in [-0.25, -0.2) is 0 Å². The molecule has 0 aliphatic heterocycles. The quantitative estimate of drug-likeness (QED) is 0.878. The molecule has 0 aliphatic rings. The lowest BCUT2D eigenvalue weighted by Crippen LogP contribution is -2.04. The maximum atomic E-state index is 5.75. The first-order chi connectivity index (χ1) is 7.16. The SMILES string of the molecule is CC(N)c1cc(-c2cccc(Br)c2)n[nH]1. The second-order valence-electron chi connectivity index (χ2n) is 3.51. The van der Waals surface area contributed by atoms with E-state index in [0.29, 0.717) is 0 Å². The first-order valence-electron chi connectivity index (χ1n) is 4.73. The molecule has 0 radical (unpaired) electrons. The Morgan fingerprint density at radius 2 is 2.20 bits per heavy atom. The van der Waals surface area contributed by atoms with Gasteiger partial charge in [-0.1, -0.05) is 28.1 Å². The van der Waals surface area contributed by atoms with Crippen molar-refractivity contribution < 1.29 is 0 Å². The lowest BCUT2D eigenvalue weighted by atomic mass is 10.1. The van der Waals surface area contributed by atoms with E-state index >= 15 is 0 Å². The van der Waals surface area contributed by atoms with E-state index in [0.717, 1.165) is 21.4 Å². The van der Waals surface area contributed by atoms with Crippen LogP contribution in [0.1, 0.15) is 18.7 Å². The fraction of sp³-hybridized carbons (Fsp3) is 0.182. The lowest BCUT2D eigenvalue weighted by molar-refractivity contribution is 0.772. The summed E-state index contributed by atoms with van der Waals surface area (Å²) in [6.45, 7) is 1.93. The molecule has 3 N–H and O–H groups in total. The van der Waals surface area contributed by atoms with Gasteiger partial charge in [0.05, 0.1) is 11.4 Å². The largest absolute Gasteiger partial charge is 0.323 e. The van der Waals surface area contributed by atoms with Crippen LogP contribution in [0.5, 0.6) is 0 Å². The van der Waals surface area contributed by atoms with Crippen LogP contribution in [-0.4, -0.2) is 10.2 Å². The van der Waals surface area contributed by atoms with Crippen LogP contribution in [0.2, 0.25) is 0 Å². The topological polar surface area (TPSA) is 54.7 Å². The van der Waals surface area contributed by atoms with Crippen molar-refractivity contribution in [3.8, 4) is 11.3 Å². The minimum Gasteiger partial charge on any atom is -0.323 e. The Bertz CT molecular complexity index is 462. The first kappa shape index (κ1) is 10.4. The molecule has 2 aromatic rings. The molecule has 0 aliphatic carbocycles. The number of nitrogens with zero attached hydrogens (tertiary/aromatic N) is 1. The highest BCUT2D eigenvalue weighted by molar-refractivity contribution is 9.10. The summed E-state index contributed by atoms with van der Waals surface area (Å²) in [5.74, 6) is 0. The number of nitrogens with one attached hydrogen (secondary N) is 1. The van der Waals surface area contributed by atoms with E-state index in [1.165, 1.54) is 0 Å². The van der Waals surface area contributed by atoms with Gasteiger partial charge in [0.25, 0.3) is 0 Å². The zero-order valence-electron chi connectivity index (χ0n) is 8.37. The van der Waals surface area contributed by atoms with Crippen LogP contribution in [-0.2, 0) is 0 Å². The summed E-state index contributed by atoms with van der Waals surface area (Å²) in [6.07, 6.45) is 0. The third-order valence-electron chi connectivity index (χ3n) is 2.21. The highest BCUT2D eigenvalue weighted by atomic mass is 79.9. The zero-order valence-corrected chi connectivity index (χ0v) is 9.95. The van der Waals surface area contributed by atoms with Crippen LogP contribution in [0, 0.1) is 0 Å². The summed E-state index contributed by atoms with van der Waals surface area (Å²) in [5, 5.41) is 7.16. The third kappa shape index (κ3) is 2.27. The molecule has 1 aromatic carbocycles. The number of benzene rings is 1. The predicted octanol–water partition coefficient (Wildman–Crippen LogP) is 2.86. The molecular weight excluding hydrogens is 254 g/mol. The second-order valence-corrected chi connectivity index (χ2v) is 4.42. The molecule has 0 saturated heterocycles. The summed E-state index contributed by atoms with van der Waals surface area (Å²) in [5.41, 5.74) is 8.70. The number of nitrogens with two attached hydrogens (primary N) is 1. The van der Waals surface area contributed by atoms with Gasteiger partial charge in [-0.15, -0.1) is 0 Å². The van der Waals surface area contributed by atoms with Gasteiger partial charge < -0.3 is 5.73 Å². The highest BCUT2D eigenvalue weighted by Gasteiger charge is 2.06. The summed E-state index contributed by atoms with van der Waals surface area (Å²) in [6, 6.07) is 9.99. The molecule has 78 valence electrons. The van der Waals surface area contributed by atoms with Gasteiger partial charge in [-0.3, -0.25) is 5.10 Å². The van der Waals surface area contributed by atoms with E-state index in [1.807, 2.05) is 37.3 Å². The number of H-pyrrole nitrogens is 1. The minimum atomic E-state index is -0.0154. The van der Waals surface area contributed by atoms with E-state index in [9.17, 15) is 0 Å². The molecule has 0 amide bonds. The van der Waals surface area contributed by atoms with E-state index < -0.39 is 0 Å². The van der Waals surface area contributed by atoms with Crippen LogP contribution in [0.15, 0.2) is 34.8 Å². The molecule has 0 fully saturated rings. The fourth-order valence-corrected chi connectivity index (χ4v) is 1.76. The molecule has 1 aromatic heterocycles.